The number of thioether (sulfide) groups is 1. The molecule has 5 nitrogen and oxygen atoms in total. The zero-order chi connectivity index (χ0) is 20.8. The summed E-state index contributed by atoms with van der Waals surface area (Å²) in [5, 5.41) is 11.4. The normalized spacial score (nSPS) is 13.1. The first-order valence-electron chi connectivity index (χ1n) is 9.87. The molecule has 1 heterocycles. The molecule has 0 aliphatic heterocycles. The van der Waals surface area contributed by atoms with Gasteiger partial charge >= 0.3 is 0 Å². The van der Waals surface area contributed by atoms with Crippen LogP contribution in [0.25, 0.3) is 11.5 Å². The highest BCUT2D eigenvalue weighted by molar-refractivity contribution is 8.00. The first-order chi connectivity index (χ1) is 14.0. The van der Waals surface area contributed by atoms with Crippen LogP contribution < -0.4 is 5.32 Å². The molecule has 0 spiro atoms. The predicted molar refractivity (Wildman–Crippen MR) is 117 cm³/mol. The van der Waals surface area contributed by atoms with Gasteiger partial charge in [0.25, 0.3) is 5.22 Å². The van der Waals surface area contributed by atoms with Gasteiger partial charge in [-0.1, -0.05) is 66.2 Å². The molecule has 0 aliphatic rings. The largest absolute Gasteiger partial charge is 0.411 e. The number of amides is 1. The Hall–Kier alpha value is -2.60. The Morgan fingerprint density at radius 3 is 2.45 bits per heavy atom. The molecule has 0 radical (unpaired) electrons. The highest BCUT2D eigenvalue weighted by atomic mass is 32.2. The summed E-state index contributed by atoms with van der Waals surface area (Å²) in [5.74, 6) is 0.745. The monoisotopic (exact) mass is 409 g/mol. The fraction of sp³-hybridized carbons (Fsp3) is 0.348. The minimum atomic E-state index is -0.323. The number of carbonyl (C=O) groups is 1. The summed E-state index contributed by atoms with van der Waals surface area (Å²) in [6, 6.07) is 16.4. The van der Waals surface area contributed by atoms with Gasteiger partial charge < -0.3 is 9.73 Å². The van der Waals surface area contributed by atoms with E-state index in [-0.39, 0.29) is 11.2 Å². The molecule has 0 aliphatic carbocycles. The van der Waals surface area contributed by atoms with Gasteiger partial charge in [0.05, 0.1) is 5.25 Å². The van der Waals surface area contributed by atoms with Crippen LogP contribution in [0.2, 0.25) is 0 Å². The zero-order valence-electron chi connectivity index (χ0n) is 17.3. The summed E-state index contributed by atoms with van der Waals surface area (Å²) in [7, 11) is 0. The number of hydrogen-bond acceptors (Lipinski definition) is 5. The number of carbonyl (C=O) groups excluding carboxylic acids is 1. The minimum Gasteiger partial charge on any atom is -0.411 e. The fourth-order valence-electron chi connectivity index (χ4n) is 3.27. The van der Waals surface area contributed by atoms with E-state index in [1.54, 1.807) is 0 Å². The first-order valence-corrected chi connectivity index (χ1v) is 10.8. The molecule has 0 saturated heterocycles. The second kappa shape index (κ2) is 9.74. The molecule has 29 heavy (non-hydrogen) atoms. The molecule has 2 aromatic carbocycles. The molecule has 0 saturated carbocycles. The van der Waals surface area contributed by atoms with Gasteiger partial charge in [0.15, 0.2) is 0 Å². The number of aryl methyl sites for hydroxylation is 2. The number of nitrogens with one attached hydrogen (secondary N) is 1. The van der Waals surface area contributed by atoms with Crippen molar-refractivity contribution in [3.63, 3.8) is 0 Å². The maximum atomic E-state index is 12.5. The summed E-state index contributed by atoms with van der Waals surface area (Å²) in [6.07, 6.45) is 0.967. The van der Waals surface area contributed by atoms with Crippen molar-refractivity contribution in [2.24, 2.45) is 0 Å². The molecule has 0 fully saturated rings. The average molecular weight is 410 g/mol. The van der Waals surface area contributed by atoms with Crippen LogP contribution in [0.5, 0.6) is 0 Å². The second-order valence-electron chi connectivity index (χ2n) is 7.27. The maximum absolute atomic E-state index is 12.5. The summed E-state index contributed by atoms with van der Waals surface area (Å²) in [4.78, 5) is 12.5. The lowest BCUT2D eigenvalue weighted by atomic mass is 9.96. The number of hydrogen-bond donors (Lipinski definition) is 1. The maximum Gasteiger partial charge on any atom is 0.277 e. The molecule has 1 aromatic heterocycles. The average Bonchev–Trinajstić information content (AvgIpc) is 3.17. The molecule has 1 N–H and O–H groups in total. The van der Waals surface area contributed by atoms with E-state index >= 15 is 0 Å². The molecule has 0 bridgehead atoms. The molecule has 1 amide bonds. The van der Waals surface area contributed by atoms with Crippen molar-refractivity contribution in [1.82, 2.24) is 15.5 Å². The third kappa shape index (κ3) is 5.70. The van der Waals surface area contributed by atoms with Crippen molar-refractivity contribution in [3.8, 4) is 11.5 Å². The van der Waals surface area contributed by atoms with Crippen LogP contribution in [-0.4, -0.2) is 27.9 Å². The molecular formula is C23H27N3O2S. The summed E-state index contributed by atoms with van der Waals surface area (Å²) >= 11 is 1.28. The van der Waals surface area contributed by atoms with Gasteiger partial charge in [-0.25, -0.2) is 0 Å². The van der Waals surface area contributed by atoms with Crippen LogP contribution >= 0.6 is 11.8 Å². The van der Waals surface area contributed by atoms with Gasteiger partial charge in [0, 0.05) is 18.0 Å². The van der Waals surface area contributed by atoms with Gasteiger partial charge in [0.2, 0.25) is 11.8 Å². The molecular weight excluding hydrogens is 382 g/mol. The van der Waals surface area contributed by atoms with Crippen LogP contribution in [0.1, 0.15) is 42.9 Å². The highest BCUT2D eigenvalue weighted by Gasteiger charge is 2.20. The Morgan fingerprint density at radius 1 is 1.10 bits per heavy atom. The van der Waals surface area contributed by atoms with Gasteiger partial charge in [-0.2, -0.15) is 0 Å². The predicted octanol–water partition coefficient (Wildman–Crippen LogP) is 5.14. The van der Waals surface area contributed by atoms with Gasteiger partial charge in [-0.15, -0.1) is 10.2 Å². The first kappa shape index (κ1) is 21.1. The Morgan fingerprint density at radius 2 is 1.79 bits per heavy atom. The van der Waals surface area contributed by atoms with Crippen molar-refractivity contribution in [2.75, 3.05) is 6.54 Å². The Labute approximate surface area is 176 Å². The van der Waals surface area contributed by atoms with Crippen molar-refractivity contribution >= 4 is 17.7 Å². The highest BCUT2D eigenvalue weighted by Crippen LogP contribution is 2.27. The Kier molecular flexibility index (Phi) is 7.09. The van der Waals surface area contributed by atoms with E-state index < -0.39 is 0 Å². The lowest BCUT2D eigenvalue weighted by molar-refractivity contribution is -0.120. The van der Waals surface area contributed by atoms with Crippen LogP contribution in [0.3, 0.4) is 0 Å². The molecule has 152 valence electrons. The van der Waals surface area contributed by atoms with E-state index in [0.29, 0.717) is 23.6 Å². The molecule has 3 aromatic rings. The van der Waals surface area contributed by atoms with Crippen molar-refractivity contribution in [2.45, 2.75) is 50.5 Å². The van der Waals surface area contributed by atoms with E-state index in [1.165, 1.54) is 17.3 Å². The quantitative estimate of drug-likeness (QED) is 0.522. The smallest absolute Gasteiger partial charge is 0.277 e. The SMILES string of the molecule is CC[C@H](CNC(=O)[C@@H](C)Sc1nnc(-c2cc(C)cc(C)c2)o1)c1ccccc1. The van der Waals surface area contributed by atoms with Gasteiger partial charge in [-0.05, 0) is 44.9 Å². The van der Waals surface area contributed by atoms with Crippen molar-refractivity contribution in [1.29, 1.82) is 0 Å². The van der Waals surface area contributed by atoms with Crippen molar-refractivity contribution < 1.29 is 9.21 Å². The fourth-order valence-corrected chi connectivity index (χ4v) is 3.98. The summed E-state index contributed by atoms with van der Waals surface area (Å²) < 4.78 is 5.78. The molecule has 6 heteroatoms. The standard InChI is InChI=1S/C23H27N3O2S/c1-5-18(19-9-7-6-8-10-19)14-24-21(27)17(4)29-23-26-25-22(28-23)20-12-15(2)11-16(3)13-20/h6-13,17-18H,5,14H2,1-4H3,(H,24,27)/t17-,18-/m1/s1. The van der Waals surface area contributed by atoms with Crippen LogP contribution in [0.15, 0.2) is 58.2 Å². The molecule has 3 rings (SSSR count). The third-order valence-electron chi connectivity index (χ3n) is 4.81. The Bertz CT molecular complexity index is 936. The zero-order valence-corrected chi connectivity index (χ0v) is 18.1. The van der Waals surface area contributed by atoms with Crippen LogP contribution in [-0.2, 0) is 4.79 Å². The minimum absolute atomic E-state index is 0.0319. The number of nitrogens with zero attached hydrogens (tertiary/aromatic N) is 2. The third-order valence-corrected chi connectivity index (χ3v) is 5.74. The van der Waals surface area contributed by atoms with E-state index in [1.807, 2.05) is 51.1 Å². The summed E-state index contributed by atoms with van der Waals surface area (Å²) in [5.41, 5.74) is 4.42. The van der Waals surface area contributed by atoms with Gasteiger partial charge in [0.1, 0.15) is 0 Å². The van der Waals surface area contributed by atoms with Crippen molar-refractivity contribution in [3.05, 3.63) is 65.2 Å². The van der Waals surface area contributed by atoms with Crippen LogP contribution in [0.4, 0.5) is 0 Å². The van der Waals surface area contributed by atoms with E-state index in [2.05, 4.69) is 40.6 Å². The van der Waals surface area contributed by atoms with Crippen LogP contribution in [0, 0.1) is 13.8 Å². The lowest BCUT2D eigenvalue weighted by Crippen LogP contribution is -2.34. The van der Waals surface area contributed by atoms with Gasteiger partial charge in [-0.3, -0.25) is 4.79 Å². The summed E-state index contributed by atoms with van der Waals surface area (Å²) in [6.45, 7) is 8.67. The van der Waals surface area contributed by atoms with E-state index in [4.69, 9.17) is 4.42 Å². The number of rotatable bonds is 8. The number of aromatic nitrogens is 2. The topological polar surface area (TPSA) is 68.0 Å². The number of benzene rings is 2. The molecule has 2 atom stereocenters. The van der Waals surface area contributed by atoms with E-state index in [0.717, 1.165) is 23.1 Å². The second-order valence-corrected chi connectivity index (χ2v) is 8.56. The van der Waals surface area contributed by atoms with E-state index in [9.17, 15) is 4.79 Å². The Balaban J connectivity index is 1.58. The molecule has 0 unspecified atom stereocenters. The lowest BCUT2D eigenvalue weighted by Gasteiger charge is -2.17.